The van der Waals surface area contributed by atoms with Crippen LogP contribution in [0.2, 0.25) is 0 Å². The van der Waals surface area contributed by atoms with E-state index in [2.05, 4.69) is 0 Å². The van der Waals surface area contributed by atoms with Crippen molar-refractivity contribution < 1.29 is 71.0 Å². The lowest BCUT2D eigenvalue weighted by Crippen LogP contribution is -2.30. The third kappa shape index (κ3) is 36.2. The highest BCUT2D eigenvalue weighted by atomic mass is 19.1. The van der Waals surface area contributed by atoms with Gasteiger partial charge in [-0.3, -0.25) is 14.4 Å². The zero-order chi connectivity index (χ0) is 51.6. The van der Waals surface area contributed by atoms with Crippen molar-refractivity contribution in [1.82, 2.24) is 0 Å². The molecule has 4 atom stereocenters. The smallest absolute Gasteiger partial charge is 0.325 e. The van der Waals surface area contributed by atoms with Crippen molar-refractivity contribution in [2.75, 3.05) is 42.7 Å². The average molecular weight is 953 g/mol. The maximum Gasteiger partial charge on any atom is 0.325 e. The van der Waals surface area contributed by atoms with Crippen LogP contribution in [0.4, 0.5) is 13.2 Å². The number of rotatable bonds is 23. The summed E-state index contributed by atoms with van der Waals surface area (Å²) in [6.07, 6.45) is 7.30. The minimum atomic E-state index is -1.12. The number of ether oxygens (including phenoxy) is 6. The monoisotopic (exact) mass is 952 g/mol. The van der Waals surface area contributed by atoms with Crippen LogP contribution in [0.15, 0.2) is 72.8 Å². The topological polar surface area (TPSA) is 316 Å². The maximum atomic E-state index is 12.4. The van der Waals surface area contributed by atoms with Crippen molar-refractivity contribution in [2.45, 2.75) is 101 Å². The lowest BCUT2D eigenvalue weighted by Gasteiger charge is -2.13. The Morgan fingerprint density at radius 2 is 0.940 bits per heavy atom. The fourth-order valence-electron chi connectivity index (χ4n) is 4.66. The molecule has 0 aliphatic heterocycles. The number of hydrogen-bond donors (Lipinski definition) is 6. The number of nitriles is 2. The van der Waals surface area contributed by atoms with Gasteiger partial charge in [0, 0.05) is 54.6 Å². The van der Waals surface area contributed by atoms with Crippen LogP contribution < -0.4 is 22.9 Å². The van der Waals surface area contributed by atoms with Crippen molar-refractivity contribution >= 4 is 24.5 Å². The molecule has 0 heterocycles. The molecule has 0 saturated carbocycles. The number of methoxy groups -OCH3 is 6. The van der Waals surface area contributed by atoms with Gasteiger partial charge in [0.1, 0.15) is 48.1 Å². The Morgan fingerprint density at radius 3 is 1.27 bits per heavy atom. The minimum absolute atomic E-state index is 0.153. The standard InChI is InChI=1S/C8H7FN2.C8H8FNO2.C8H16N2O2.C8H17NO4.C7H5FO.C7H14O3/c9-7-3-1-6(2-4-7)8(11)5-10;9-6-3-1-5(2-4-6)7(10)8(11)12;1-11-8(12-2)5-3-4-7(10)6-9;1-12-7(13-2)5-3-4-6(9)8(10)11;8-7-3-1-6(5-9)2-4-7;1-9-7(10-2)5-3-4-6-8/h1-4,8H,11H2;1-4,7H,10H2,(H,11,12);7-8H,3-5,10H2,1-2H3;6-7H,3-5,9H2,1-2H3,(H,10,11);1-5H;6-7H,3-5H2,1-2H3/t;7-;;6-;;/m.1.0../s1. The van der Waals surface area contributed by atoms with E-state index in [0.29, 0.717) is 55.1 Å². The normalized spacial score (nSPS) is 11.9. The van der Waals surface area contributed by atoms with Gasteiger partial charge in [-0.15, -0.1) is 0 Å². The number of halogens is 3. The Morgan fingerprint density at radius 1 is 0.567 bits per heavy atom. The van der Waals surface area contributed by atoms with Crippen molar-refractivity contribution in [3.63, 3.8) is 0 Å². The number of carbonyl (C=O) groups excluding carboxylic acids is 2. The van der Waals surface area contributed by atoms with E-state index < -0.39 is 35.9 Å². The molecule has 0 aliphatic rings. The zero-order valence-electron chi connectivity index (χ0n) is 38.8. The molecular weight excluding hydrogens is 886 g/mol. The van der Waals surface area contributed by atoms with Crippen molar-refractivity contribution in [3.05, 3.63) is 107 Å². The van der Waals surface area contributed by atoms with Crippen molar-refractivity contribution in [1.29, 1.82) is 10.5 Å². The molecule has 0 radical (unpaired) electrons. The first-order valence-corrected chi connectivity index (χ1v) is 20.5. The molecule has 3 aromatic carbocycles. The Kier molecular flexibility index (Phi) is 42.0. The SMILES string of the molecule is COC(CCCC(N)C#N)OC.COC(CCCC=O)OC.COC(CCC[C@H](N)C(=O)O)OC.N#CC(N)c1ccc(F)cc1.N[C@@H](C(=O)O)c1ccc(F)cc1.O=Cc1ccc(F)cc1. The Bertz CT molecular complexity index is 1790. The lowest BCUT2D eigenvalue weighted by molar-refractivity contribution is -0.139. The van der Waals surface area contributed by atoms with E-state index in [9.17, 15) is 32.3 Å². The molecule has 67 heavy (non-hydrogen) atoms. The summed E-state index contributed by atoms with van der Waals surface area (Å²) < 4.78 is 66.4. The number of nitrogens with zero attached hydrogens (tertiary/aromatic N) is 2. The van der Waals surface area contributed by atoms with Gasteiger partial charge in [0.2, 0.25) is 0 Å². The largest absolute Gasteiger partial charge is 0.480 e. The number of aldehydes is 2. The molecule has 18 nitrogen and oxygen atoms in total. The van der Waals surface area contributed by atoms with Gasteiger partial charge in [0.25, 0.3) is 0 Å². The number of carboxylic acids is 2. The van der Waals surface area contributed by atoms with Crippen LogP contribution >= 0.6 is 0 Å². The minimum Gasteiger partial charge on any atom is -0.480 e. The van der Waals surface area contributed by atoms with Crippen molar-refractivity contribution in [2.24, 2.45) is 22.9 Å². The van der Waals surface area contributed by atoms with E-state index in [0.717, 1.165) is 32.0 Å². The lowest BCUT2D eigenvalue weighted by atomic mass is 10.1. The van der Waals surface area contributed by atoms with E-state index in [4.69, 9.17) is 72.1 Å². The van der Waals surface area contributed by atoms with E-state index in [1.165, 1.54) is 72.8 Å². The third-order valence-corrected chi connectivity index (χ3v) is 8.60. The second-order valence-electron chi connectivity index (χ2n) is 13.5. The molecule has 0 saturated heterocycles. The van der Waals surface area contributed by atoms with E-state index >= 15 is 0 Å². The molecule has 0 bridgehead atoms. The van der Waals surface area contributed by atoms with Gasteiger partial charge < -0.3 is 66.4 Å². The van der Waals surface area contributed by atoms with E-state index in [-0.39, 0.29) is 36.5 Å². The number of hydrogen-bond acceptors (Lipinski definition) is 16. The molecule has 0 amide bonds. The van der Waals surface area contributed by atoms with E-state index in [1.54, 1.807) is 42.7 Å². The summed E-state index contributed by atoms with van der Waals surface area (Å²) in [5.74, 6) is -3.14. The molecule has 0 aromatic heterocycles. The number of aliphatic carboxylic acids is 2. The highest BCUT2D eigenvalue weighted by molar-refractivity contribution is 5.75. The van der Waals surface area contributed by atoms with Crippen LogP contribution in [0.25, 0.3) is 0 Å². The predicted octanol–water partition coefficient (Wildman–Crippen LogP) is 5.69. The molecule has 10 N–H and O–H groups in total. The highest BCUT2D eigenvalue weighted by Crippen LogP contribution is 2.12. The maximum absolute atomic E-state index is 12.4. The van der Waals surface area contributed by atoms with Crippen LogP contribution in [0.5, 0.6) is 0 Å². The average Bonchev–Trinajstić information content (AvgIpc) is 3.34. The number of carboxylic acid groups (broad SMARTS) is 2. The molecule has 0 aliphatic carbocycles. The number of carbonyl (C=O) groups is 4. The first-order chi connectivity index (χ1) is 31.9. The number of benzene rings is 3. The predicted molar refractivity (Wildman–Crippen MR) is 242 cm³/mol. The third-order valence-electron chi connectivity index (χ3n) is 8.60. The van der Waals surface area contributed by atoms with Crippen LogP contribution in [-0.4, -0.2) is 108 Å². The fraction of sp³-hybridized carbons (Fsp3) is 0.478. The van der Waals surface area contributed by atoms with Gasteiger partial charge in [-0.25, -0.2) is 13.2 Å². The molecule has 21 heteroatoms. The zero-order valence-corrected chi connectivity index (χ0v) is 38.8. The second-order valence-corrected chi connectivity index (χ2v) is 13.5. The van der Waals surface area contributed by atoms with Crippen LogP contribution in [-0.2, 0) is 42.8 Å². The Labute approximate surface area is 390 Å². The molecule has 0 fully saturated rings. The highest BCUT2D eigenvalue weighted by Gasteiger charge is 2.14. The van der Waals surface area contributed by atoms with Gasteiger partial charge >= 0.3 is 11.9 Å². The van der Waals surface area contributed by atoms with Gasteiger partial charge in [0.05, 0.1) is 18.2 Å². The molecule has 0 spiro atoms. The molecular formula is C46H67F3N6O12. The molecule has 3 aromatic rings. The van der Waals surface area contributed by atoms with Crippen LogP contribution in [0, 0.1) is 40.1 Å². The Balaban J connectivity index is -0.000000736. The van der Waals surface area contributed by atoms with Crippen LogP contribution in [0.1, 0.15) is 91.4 Å². The van der Waals surface area contributed by atoms with Gasteiger partial charge in [-0.2, -0.15) is 10.5 Å². The summed E-state index contributed by atoms with van der Waals surface area (Å²) in [6, 6.07) is 17.0. The quantitative estimate of drug-likeness (QED) is 0.0378. The summed E-state index contributed by atoms with van der Waals surface area (Å²) >= 11 is 0. The molecule has 374 valence electrons. The van der Waals surface area contributed by atoms with Crippen molar-refractivity contribution in [3.8, 4) is 12.1 Å². The summed E-state index contributed by atoms with van der Waals surface area (Å²) in [5, 5.41) is 33.7. The summed E-state index contributed by atoms with van der Waals surface area (Å²) in [4.78, 5) is 40.6. The van der Waals surface area contributed by atoms with Gasteiger partial charge in [-0.05, 0) is 111 Å². The first kappa shape index (κ1) is 65.6. The number of unbranched alkanes of at least 4 members (excludes halogenated alkanes) is 1. The molecule has 3 rings (SSSR count). The molecule has 2 unspecified atom stereocenters. The summed E-state index contributed by atoms with van der Waals surface area (Å²) in [5.41, 5.74) is 22.9. The second kappa shape index (κ2) is 42.9. The first-order valence-electron chi connectivity index (χ1n) is 20.5. The summed E-state index contributed by atoms with van der Waals surface area (Å²) in [7, 11) is 9.47. The Hall–Kier alpha value is -5.69. The van der Waals surface area contributed by atoms with Crippen LogP contribution in [0.3, 0.4) is 0 Å². The fourth-order valence-corrected chi connectivity index (χ4v) is 4.66. The number of nitrogens with two attached hydrogens (primary N) is 4. The van der Waals surface area contributed by atoms with Gasteiger partial charge in [-0.1, -0.05) is 24.3 Å². The summed E-state index contributed by atoms with van der Waals surface area (Å²) in [6.45, 7) is 0. The van der Waals surface area contributed by atoms with Gasteiger partial charge in [0.15, 0.2) is 18.9 Å². The van der Waals surface area contributed by atoms with E-state index in [1.807, 2.05) is 12.1 Å².